The number of nitro groups is 1. The Balaban J connectivity index is 2.22. The van der Waals surface area contributed by atoms with Crippen LogP contribution in [0.15, 0.2) is 12.4 Å². The zero-order chi connectivity index (χ0) is 13.1. The van der Waals surface area contributed by atoms with Crippen molar-refractivity contribution in [2.45, 2.75) is 13.5 Å². The second kappa shape index (κ2) is 4.73. The van der Waals surface area contributed by atoms with Gasteiger partial charge >= 0.3 is 5.95 Å². The number of aromatic nitrogens is 5. The van der Waals surface area contributed by atoms with Gasteiger partial charge in [0, 0.05) is 23.9 Å². The highest BCUT2D eigenvalue weighted by Crippen LogP contribution is 2.07. The standard InChI is InChI=1S/C9H11N7O2/c1-6-3-7(10-2)13-8(12-6)4-15-5-11-9(14-15)16(17)18/h3,5H,4H2,1-2H3,(H,10,12,13). The molecule has 0 aliphatic rings. The highest BCUT2D eigenvalue weighted by atomic mass is 16.6. The fourth-order valence-electron chi connectivity index (χ4n) is 1.42. The molecule has 18 heavy (non-hydrogen) atoms. The summed E-state index contributed by atoms with van der Waals surface area (Å²) >= 11 is 0. The van der Waals surface area contributed by atoms with E-state index in [9.17, 15) is 10.1 Å². The van der Waals surface area contributed by atoms with Crippen LogP contribution in [0.2, 0.25) is 0 Å². The summed E-state index contributed by atoms with van der Waals surface area (Å²) in [5, 5.41) is 17.1. The smallest absolute Gasteiger partial charge is 0.390 e. The van der Waals surface area contributed by atoms with Crippen molar-refractivity contribution in [3.05, 3.63) is 34.0 Å². The van der Waals surface area contributed by atoms with Crippen LogP contribution in [0.1, 0.15) is 11.5 Å². The van der Waals surface area contributed by atoms with Crippen LogP contribution >= 0.6 is 0 Å². The summed E-state index contributed by atoms with van der Waals surface area (Å²) < 4.78 is 1.33. The maximum Gasteiger partial charge on any atom is 0.490 e. The quantitative estimate of drug-likeness (QED) is 0.615. The summed E-state index contributed by atoms with van der Waals surface area (Å²) in [5.41, 5.74) is 0.805. The lowest BCUT2D eigenvalue weighted by atomic mass is 10.4. The summed E-state index contributed by atoms with van der Waals surface area (Å²) in [6, 6.07) is 1.80. The maximum absolute atomic E-state index is 10.4. The second-order valence-corrected chi connectivity index (χ2v) is 3.56. The number of nitrogens with zero attached hydrogens (tertiary/aromatic N) is 6. The van der Waals surface area contributed by atoms with Crippen molar-refractivity contribution in [1.82, 2.24) is 24.7 Å². The van der Waals surface area contributed by atoms with Crippen LogP contribution in [0.3, 0.4) is 0 Å². The van der Waals surface area contributed by atoms with Crippen molar-refractivity contribution >= 4 is 11.8 Å². The fraction of sp³-hybridized carbons (Fsp3) is 0.333. The summed E-state index contributed by atoms with van der Waals surface area (Å²) in [6.07, 6.45) is 1.28. The van der Waals surface area contributed by atoms with Gasteiger partial charge in [0.25, 0.3) is 0 Å². The number of anilines is 1. The first kappa shape index (κ1) is 11.9. The van der Waals surface area contributed by atoms with Gasteiger partial charge in [-0.1, -0.05) is 4.98 Å². The first-order valence-electron chi connectivity index (χ1n) is 5.14. The van der Waals surface area contributed by atoms with Crippen LogP contribution in [0.4, 0.5) is 11.8 Å². The Bertz CT molecular complexity index is 580. The zero-order valence-electron chi connectivity index (χ0n) is 9.86. The minimum absolute atomic E-state index is 0.233. The molecule has 94 valence electrons. The molecule has 2 aromatic heterocycles. The molecule has 0 aliphatic carbocycles. The van der Waals surface area contributed by atoms with Crippen molar-refractivity contribution in [2.24, 2.45) is 0 Å². The van der Waals surface area contributed by atoms with Crippen LogP contribution in [0, 0.1) is 17.0 Å². The normalized spacial score (nSPS) is 10.3. The van der Waals surface area contributed by atoms with Gasteiger partial charge in [-0.2, -0.15) is 4.68 Å². The molecular formula is C9H11N7O2. The largest absolute Gasteiger partial charge is 0.490 e. The van der Waals surface area contributed by atoms with E-state index < -0.39 is 10.9 Å². The third-order valence-electron chi connectivity index (χ3n) is 2.15. The van der Waals surface area contributed by atoms with E-state index in [1.807, 2.05) is 6.92 Å². The number of rotatable bonds is 4. The molecule has 2 aromatic rings. The van der Waals surface area contributed by atoms with E-state index in [0.29, 0.717) is 11.6 Å². The van der Waals surface area contributed by atoms with E-state index in [1.165, 1.54) is 11.0 Å². The number of aryl methyl sites for hydroxylation is 1. The average molecular weight is 249 g/mol. The SMILES string of the molecule is CNc1cc(C)nc(Cn2cnc([N+](=O)[O-])n2)n1. The van der Waals surface area contributed by atoms with Gasteiger partial charge in [0.2, 0.25) is 6.33 Å². The summed E-state index contributed by atoms with van der Waals surface area (Å²) in [7, 11) is 1.76. The fourth-order valence-corrected chi connectivity index (χ4v) is 1.42. The van der Waals surface area contributed by atoms with E-state index in [4.69, 9.17) is 0 Å². The molecule has 2 heterocycles. The monoisotopic (exact) mass is 249 g/mol. The molecule has 0 spiro atoms. The molecule has 0 aromatic carbocycles. The molecule has 9 nitrogen and oxygen atoms in total. The second-order valence-electron chi connectivity index (χ2n) is 3.56. The van der Waals surface area contributed by atoms with Gasteiger partial charge in [-0.15, -0.1) is 0 Å². The minimum atomic E-state index is -0.646. The first-order valence-corrected chi connectivity index (χ1v) is 5.14. The molecule has 0 bridgehead atoms. The van der Waals surface area contributed by atoms with Crippen LogP contribution in [-0.2, 0) is 6.54 Å². The van der Waals surface area contributed by atoms with Gasteiger partial charge in [0.05, 0.1) is 0 Å². The predicted molar refractivity (Wildman–Crippen MR) is 62.1 cm³/mol. The number of nitrogens with one attached hydrogen (secondary N) is 1. The van der Waals surface area contributed by atoms with E-state index >= 15 is 0 Å². The van der Waals surface area contributed by atoms with Gasteiger partial charge in [-0.3, -0.25) is 0 Å². The molecule has 0 fully saturated rings. The first-order chi connectivity index (χ1) is 8.58. The van der Waals surface area contributed by atoms with Gasteiger partial charge < -0.3 is 15.4 Å². The number of hydrogen-bond acceptors (Lipinski definition) is 7. The molecule has 0 saturated heterocycles. The van der Waals surface area contributed by atoms with E-state index in [2.05, 4.69) is 25.4 Å². The van der Waals surface area contributed by atoms with Crippen LogP contribution in [0.5, 0.6) is 0 Å². The zero-order valence-corrected chi connectivity index (χ0v) is 9.86. The molecule has 9 heteroatoms. The Morgan fingerprint density at radius 2 is 2.28 bits per heavy atom. The van der Waals surface area contributed by atoms with E-state index in [0.717, 1.165) is 5.69 Å². The van der Waals surface area contributed by atoms with Gasteiger partial charge in [0.15, 0.2) is 5.82 Å². The minimum Gasteiger partial charge on any atom is -0.390 e. The summed E-state index contributed by atoms with van der Waals surface area (Å²) in [4.78, 5) is 21.8. The summed E-state index contributed by atoms with van der Waals surface area (Å²) in [6.45, 7) is 2.08. The average Bonchev–Trinajstić information content (AvgIpc) is 2.76. The molecule has 0 saturated carbocycles. The highest BCUT2D eigenvalue weighted by molar-refractivity contribution is 5.34. The molecule has 0 unspecified atom stereocenters. The predicted octanol–water partition coefficient (Wildman–Crippen LogP) is 0.375. The Morgan fingerprint density at radius 3 is 2.89 bits per heavy atom. The third-order valence-corrected chi connectivity index (χ3v) is 2.15. The Hall–Kier alpha value is -2.58. The van der Waals surface area contributed by atoms with Crippen LogP contribution < -0.4 is 5.32 Å². The molecular weight excluding hydrogens is 238 g/mol. The number of hydrogen-bond donors (Lipinski definition) is 1. The molecule has 0 amide bonds. The van der Waals surface area contributed by atoms with Crippen LogP contribution in [0.25, 0.3) is 0 Å². The van der Waals surface area contributed by atoms with Crippen molar-refractivity contribution in [1.29, 1.82) is 0 Å². The topological polar surface area (TPSA) is 112 Å². The molecule has 2 rings (SSSR count). The molecule has 0 radical (unpaired) electrons. The Labute approximate surface area is 102 Å². The molecule has 0 atom stereocenters. The van der Waals surface area contributed by atoms with Crippen molar-refractivity contribution < 1.29 is 4.92 Å². The summed E-state index contributed by atoms with van der Waals surface area (Å²) in [5.74, 6) is 0.766. The van der Waals surface area contributed by atoms with Crippen molar-refractivity contribution in [3.63, 3.8) is 0 Å². The van der Waals surface area contributed by atoms with Crippen molar-refractivity contribution in [3.8, 4) is 0 Å². The lowest BCUT2D eigenvalue weighted by Crippen LogP contribution is -2.08. The maximum atomic E-state index is 10.4. The van der Waals surface area contributed by atoms with E-state index in [-0.39, 0.29) is 6.54 Å². The molecule has 1 N–H and O–H groups in total. The Morgan fingerprint density at radius 1 is 1.50 bits per heavy atom. The lowest BCUT2D eigenvalue weighted by Gasteiger charge is -2.03. The highest BCUT2D eigenvalue weighted by Gasteiger charge is 2.14. The van der Waals surface area contributed by atoms with E-state index in [1.54, 1.807) is 13.1 Å². The van der Waals surface area contributed by atoms with Crippen LogP contribution in [-0.4, -0.2) is 36.7 Å². The lowest BCUT2D eigenvalue weighted by molar-refractivity contribution is -0.394. The van der Waals surface area contributed by atoms with Gasteiger partial charge in [-0.25, -0.2) is 9.97 Å². The molecule has 0 aliphatic heterocycles. The van der Waals surface area contributed by atoms with Gasteiger partial charge in [-0.05, 0) is 11.8 Å². The van der Waals surface area contributed by atoms with Crippen molar-refractivity contribution in [2.75, 3.05) is 12.4 Å². The Kier molecular flexibility index (Phi) is 3.13. The third kappa shape index (κ3) is 2.56. The van der Waals surface area contributed by atoms with Gasteiger partial charge in [0.1, 0.15) is 12.4 Å².